The molecule has 1 aromatic heterocycles. The lowest BCUT2D eigenvalue weighted by molar-refractivity contribution is -0.117. The van der Waals surface area contributed by atoms with Crippen LogP contribution in [-0.2, 0) is 11.3 Å². The average Bonchev–Trinajstić information content (AvgIpc) is 3.07. The number of aryl methyl sites for hydroxylation is 2. The van der Waals surface area contributed by atoms with Crippen LogP contribution in [0.15, 0.2) is 60.9 Å². The molecule has 0 aliphatic heterocycles. The summed E-state index contributed by atoms with van der Waals surface area (Å²) in [5.41, 5.74) is 4.16. The molecule has 2 N–H and O–H groups in total. The van der Waals surface area contributed by atoms with Gasteiger partial charge in [0.05, 0.1) is 11.7 Å². The van der Waals surface area contributed by atoms with Crippen LogP contribution in [0.3, 0.4) is 0 Å². The molecule has 0 bridgehead atoms. The highest BCUT2D eigenvalue weighted by Crippen LogP contribution is 2.16. The SMILES string of the molecule is Cc1ccc(NC(=O)C(C)NCc2ccccc2-n2ccnc2C)cc1. The number of imidazole rings is 1. The summed E-state index contributed by atoms with van der Waals surface area (Å²) < 4.78 is 2.05. The molecule has 0 aliphatic carbocycles. The van der Waals surface area contributed by atoms with Crippen molar-refractivity contribution in [3.05, 3.63) is 77.9 Å². The largest absolute Gasteiger partial charge is 0.325 e. The average molecular weight is 348 g/mol. The zero-order valence-electron chi connectivity index (χ0n) is 15.4. The van der Waals surface area contributed by atoms with E-state index in [-0.39, 0.29) is 11.9 Å². The maximum atomic E-state index is 12.4. The standard InChI is InChI=1S/C21H24N4O/c1-15-8-10-19(11-9-15)24-21(26)16(2)23-14-18-6-4-5-7-20(18)25-13-12-22-17(25)3/h4-13,16,23H,14H2,1-3H3,(H,24,26). The van der Waals surface area contributed by atoms with Crippen LogP contribution in [0, 0.1) is 13.8 Å². The van der Waals surface area contributed by atoms with Gasteiger partial charge in [-0.15, -0.1) is 0 Å². The number of carbonyl (C=O) groups is 1. The van der Waals surface area contributed by atoms with Gasteiger partial charge in [-0.3, -0.25) is 4.79 Å². The second kappa shape index (κ2) is 7.97. The first-order chi connectivity index (χ1) is 12.5. The third-order valence-corrected chi connectivity index (χ3v) is 4.39. The number of carbonyl (C=O) groups excluding carboxylic acids is 1. The minimum Gasteiger partial charge on any atom is -0.325 e. The summed E-state index contributed by atoms with van der Waals surface area (Å²) in [6.45, 7) is 6.46. The van der Waals surface area contributed by atoms with E-state index in [2.05, 4.69) is 27.8 Å². The fourth-order valence-corrected chi connectivity index (χ4v) is 2.77. The van der Waals surface area contributed by atoms with Gasteiger partial charge in [0.1, 0.15) is 5.82 Å². The number of aromatic nitrogens is 2. The molecular weight excluding hydrogens is 324 g/mol. The number of para-hydroxylation sites is 1. The van der Waals surface area contributed by atoms with E-state index in [1.165, 1.54) is 5.56 Å². The number of amides is 1. The first-order valence-electron chi connectivity index (χ1n) is 8.74. The van der Waals surface area contributed by atoms with Gasteiger partial charge in [-0.2, -0.15) is 0 Å². The molecule has 5 nitrogen and oxygen atoms in total. The van der Waals surface area contributed by atoms with Gasteiger partial charge in [-0.25, -0.2) is 4.98 Å². The van der Waals surface area contributed by atoms with E-state index in [0.717, 1.165) is 22.8 Å². The maximum Gasteiger partial charge on any atom is 0.241 e. The van der Waals surface area contributed by atoms with E-state index < -0.39 is 0 Å². The molecule has 0 fully saturated rings. The molecular formula is C21H24N4O. The number of nitrogens with zero attached hydrogens (tertiary/aromatic N) is 2. The molecule has 0 aliphatic rings. The van der Waals surface area contributed by atoms with Crippen LogP contribution in [0.4, 0.5) is 5.69 Å². The van der Waals surface area contributed by atoms with Gasteiger partial charge in [-0.1, -0.05) is 35.9 Å². The Bertz CT molecular complexity index is 883. The molecule has 1 heterocycles. The molecule has 2 aromatic carbocycles. The second-order valence-corrected chi connectivity index (χ2v) is 6.43. The Morgan fingerprint density at radius 1 is 1.12 bits per heavy atom. The summed E-state index contributed by atoms with van der Waals surface area (Å²) >= 11 is 0. The molecule has 134 valence electrons. The van der Waals surface area contributed by atoms with Crippen molar-refractivity contribution >= 4 is 11.6 Å². The number of benzene rings is 2. The number of rotatable bonds is 6. The Kier molecular flexibility index (Phi) is 5.49. The van der Waals surface area contributed by atoms with Gasteiger partial charge in [-0.05, 0) is 44.5 Å². The molecule has 5 heteroatoms. The molecule has 0 radical (unpaired) electrons. The topological polar surface area (TPSA) is 59.0 Å². The van der Waals surface area contributed by atoms with Gasteiger partial charge < -0.3 is 15.2 Å². The summed E-state index contributed by atoms with van der Waals surface area (Å²) in [4.78, 5) is 16.7. The van der Waals surface area contributed by atoms with Crippen molar-refractivity contribution < 1.29 is 4.79 Å². The Morgan fingerprint density at radius 2 is 1.85 bits per heavy atom. The Hall–Kier alpha value is -2.92. The predicted octanol–water partition coefficient (Wildman–Crippen LogP) is 3.61. The second-order valence-electron chi connectivity index (χ2n) is 6.43. The summed E-state index contributed by atoms with van der Waals surface area (Å²) in [6, 6.07) is 15.6. The predicted molar refractivity (Wildman–Crippen MR) is 104 cm³/mol. The highest BCUT2D eigenvalue weighted by atomic mass is 16.2. The molecule has 0 spiro atoms. The van der Waals surface area contributed by atoms with E-state index in [1.54, 1.807) is 6.20 Å². The van der Waals surface area contributed by atoms with Crippen LogP contribution >= 0.6 is 0 Å². The highest BCUT2D eigenvalue weighted by molar-refractivity contribution is 5.94. The van der Waals surface area contributed by atoms with Gasteiger partial charge in [0.2, 0.25) is 5.91 Å². The van der Waals surface area contributed by atoms with Crippen LogP contribution in [0.2, 0.25) is 0 Å². The van der Waals surface area contributed by atoms with Crippen molar-refractivity contribution in [2.45, 2.75) is 33.4 Å². The molecule has 1 unspecified atom stereocenters. The lowest BCUT2D eigenvalue weighted by atomic mass is 10.1. The monoisotopic (exact) mass is 348 g/mol. The van der Waals surface area contributed by atoms with Crippen LogP contribution in [0.5, 0.6) is 0 Å². The van der Waals surface area contributed by atoms with Gasteiger partial charge in [0, 0.05) is 24.6 Å². The van der Waals surface area contributed by atoms with Crippen molar-refractivity contribution in [3.63, 3.8) is 0 Å². The first kappa shape index (κ1) is 17.9. The fraction of sp³-hybridized carbons (Fsp3) is 0.238. The summed E-state index contributed by atoms with van der Waals surface area (Å²) in [7, 11) is 0. The molecule has 26 heavy (non-hydrogen) atoms. The number of nitrogens with one attached hydrogen (secondary N) is 2. The smallest absolute Gasteiger partial charge is 0.241 e. The lowest BCUT2D eigenvalue weighted by Gasteiger charge is -2.17. The van der Waals surface area contributed by atoms with E-state index in [0.29, 0.717) is 6.54 Å². The van der Waals surface area contributed by atoms with Crippen LogP contribution in [0.25, 0.3) is 5.69 Å². The van der Waals surface area contributed by atoms with E-state index >= 15 is 0 Å². The first-order valence-corrected chi connectivity index (χ1v) is 8.74. The van der Waals surface area contributed by atoms with E-state index in [4.69, 9.17) is 0 Å². The number of hydrogen-bond donors (Lipinski definition) is 2. The molecule has 3 rings (SSSR count). The zero-order chi connectivity index (χ0) is 18.5. The van der Waals surface area contributed by atoms with Crippen molar-refractivity contribution in [1.29, 1.82) is 0 Å². The van der Waals surface area contributed by atoms with Crippen molar-refractivity contribution in [1.82, 2.24) is 14.9 Å². The van der Waals surface area contributed by atoms with Crippen LogP contribution in [-0.4, -0.2) is 21.5 Å². The van der Waals surface area contributed by atoms with Gasteiger partial charge in [0.15, 0.2) is 0 Å². The van der Waals surface area contributed by atoms with Crippen LogP contribution < -0.4 is 10.6 Å². The van der Waals surface area contributed by atoms with Crippen molar-refractivity contribution in [2.75, 3.05) is 5.32 Å². The Balaban J connectivity index is 1.64. The molecule has 0 saturated heterocycles. The van der Waals surface area contributed by atoms with E-state index in [9.17, 15) is 4.79 Å². The summed E-state index contributed by atoms with van der Waals surface area (Å²) in [5.74, 6) is 0.882. The summed E-state index contributed by atoms with van der Waals surface area (Å²) in [5, 5.41) is 6.25. The molecule has 1 atom stereocenters. The number of anilines is 1. The third-order valence-electron chi connectivity index (χ3n) is 4.39. The molecule has 1 amide bonds. The van der Waals surface area contributed by atoms with Crippen molar-refractivity contribution in [3.8, 4) is 5.69 Å². The third kappa shape index (κ3) is 4.18. The zero-order valence-corrected chi connectivity index (χ0v) is 15.4. The lowest BCUT2D eigenvalue weighted by Crippen LogP contribution is -2.37. The fourth-order valence-electron chi connectivity index (χ4n) is 2.77. The Labute approximate surface area is 154 Å². The van der Waals surface area contributed by atoms with Gasteiger partial charge in [0.25, 0.3) is 0 Å². The highest BCUT2D eigenvalue weighted by Gasteiger charge is 2.14. The van der Waals surface area contributed by atoms with Gasteiger partial charge >= 0.3 is 0 Å². The minimum atomic E-state index is -0.312. The summed E-state index contributed by atoms with van der Waals surface area (Å²) in [6.07, 6.45) is 3.74. The Morgan fingerprint density at radius 3 is 2.54 bits per heavy atom. The number of hydrogen-bond acceptors (Lipinski definition) is 3. The molecule has 0 saturated carbocycles. The van der Waals surface area contributed by atoms with Crippen LogP contribution in [0.1, 0.15) is 23.9 Å². The minimum absolute atomic E-state index is 0.0508. The molecule has 3 aromatic rings. The normalized spacial score (nSPS) is 12.0. The van der Waals surface area contributed by atoms with Crippen molar-refractivity contribution in [2.24, 2.45) is 0 Å². The maximum absolute atomic E-state index is 12.4. The van der Waals surface area contributed by atoms with E-state index in [1.807, 2.05) is 67.9 Å². The quantitative estimate of drug-likeness (QED) is 0.715.